The summed E-state index contributed by atoms with van der Waals surface area (Å²) in [5, 5.41) is 9.37. The van der Waals surface area contributed by atoms with Crippen LogP contribution >= 0.6 is 0 Å². The van der Waals surface area contributed by atoms with Crippen molar-refractivity contribution in [1.82, 2.24) is 0 Å². The van der Waals surface area contributed by atoms with E-state index in [2.05, 4.69) is 6.92 Å². The number of aliphatic hydroxyl groups excluding tert-OH is 1. The van der Waals surface area contributed by atoms with E-state index in [1.165, 1.54) is 77.0 Å². The van der Waals surface area contributed by atoms with Crippen LogP contribution in [-0.4, -0.2) is 29.4 Å². The molecule has 2 unspecified atom stereocenters. The first-order valence-corrected chi connectivity index (χ1v) is 14.0. The van der Waals surface area contributed by atoms with Crippen LogP contribution in [0.25, 0.3) is 0 Å². The van der Waals surface area contributed by atoms with E-state index >= 15 is 0 Å². The molecule has 0 fully saturated rings. The van der Waals surface area contributed by atoms with Crippen LogP contribution in [0.4, 0.5) is 0 Å². The maximum Gasteiger partial charge on any atom is 1.00 e. The zero-order chi connectivity index (χ0) is 21.8. The average Bonchev–Trinajstić information content (AvgIpc) is 2.67. The minimum atomic E-state index is -4.11. The molecule has 0 aliphatic heterocycles. The number of rotatable bonds is 22. The van der Waals surface area contributed by atoms with Crippen molar-refractivity contribution in [2.75, 3.05) is 0 Å². The summed E-state index contributed by atoms with van der Waals surface area (Å²) in [5.41, 5.74) is 0. The fraction of sp³-hybridized carbons (Fsp3) is 1.00. The van der Waals surface area contributed by atoms with Gasteiger partial charge in [-0.2, -0.15) is 0 Å². The molecule has 0 aliphatic rings. The Bertz CT molecular complexity index is 442. The Morgan fingerprint density at radius 1 is 0.633 bits per heavy atom. The summed E-state index contributed by atoms with van der Waals surface area (Å²) in [6.45, 7) is 4.02. The monoisotopic (exact) mass is 456 g/mol. The molecule has 0 bridgehead atoms. The van der Waals surface area contributed by atoms with Crippen molar-refractivity contribution < 1.29 is 47.6 Å². The molecular formula is C24H49NaO4S. The minimum Gasteiger partial charge on any atom is -0.748 e. The first-order chi connectivity index (χ1) is 13.9. The Kier molecular flexibility index (Phi) is 25.4. The second-order valence-corrected chi connectivity index (χ2v) is 10.5. The van der Waals surface area contributed by atoms with E-state index in [4.69, 9.17) is 0 Å². The largest absolute Gasteiger partial charge is 1.00 e. The maximum atomic E-state index is 11.0. The predicted octanol–water partition coefficient (Wildman–Crippen LogP) is 4.11. The zero-order valence-corrected chi connectivity index (χ0v) is 23.2. The van der Waals surface area contributed by atoms with E-state index in [-0.39, 0.29) is 35.7 Å². The molecule has 0 saturated carbocycles. The molecule has 0 radical (unpaired) electrons. The van der Waals surface area contributed by atoms with Gasteiger partial charge in [0.1, 0.15) is 0 Å². The fourth-order valence-corrected chi connectivity index (χ4v) is 4.89. The minimum absolute atomic E-state index is 0. The van der Waals surface area contributed by atoms with Crippen molar-refractivity contribution >= 4 is 10.1 Å². The van der Waals surface area contributed by atoms with Gasteiger partial charge in [-0.25, -0.2) is 8.42 Å². The van der Waals surface area contributed by atoms with E-state index in [0.717, 1.165) is 38.5 Å². The summed E-state index contributed by atoms with van der Waals surface area (Å²) in [4.78, 5) is 0. The normalized spacial score (nSPS) is 13.7. The van der Waals surface area contributed by atoms with Crippen LogP contribution in [-0.2, 0) is 10.1 Å². The van der Waals surface area contributed by atoms with Gasteiger partial charge >= 0.3 is 29.6 Å². The van der Waals surface area contributed by atoms with Crippen LogP contribution in [0.1, 0.15) is 142 Å². The summed E-state index contributed by atoms with van der Waals surface area (Å²) < 4.78 is 33.1. The van der Waals surface area contributed by atoms with Gasteiger partial charge in [0.2, 0.25) is 0 Å². The van der Waals surface area contributed by atoms with E-state index in [1.807, 2.05) is 0 Å². The summed E-state index contributed by atoms with van der Waals surface area (Å²) in [5.74, 6) is 0. The Morgan fingerprint density at radius 3 is 1.30 bits per heavy atom. The van der Waals surface area contributed by atoms with E-state index < -0.39 is 15.4 Å². The summed E-state index contributed by atoms with van der Waals surface area (Å²) in [7, 11) is -4.11. The molecule has 2 atom stereocenters. The Morgan fingerprint density at radius 2 is 0.967 bits per heavy atom. The van der Waals surface area contributed by atoms with E-state index in [1.54, 1.807) is 6.92 Å². The Hall–Kier alpha value is 0.870. The Labute approximate surface area is 210 Å². The molecule has 6 heteroatoms. The molecule has 4 nitrogen and oxygen atoms in total. The molecule has 0 saturated heterocycles. The summed E-state index contributed by atoms with van der Waals surface area (Å²) >= 11 is 0. The fourth-order valence-electron chi connectivity index (χ4n) is 4.02. The third-order valence-corrected chi connectivity index (χ3v) is 7.45. The maximum absolute atomic E-state index is 11.0. The topological polar surface area (TPSA) is 77.4 Å². The number of unbranched alkanes of at least 4 members (excludes halogenated alkanes) is 14. The zero-order valence-electron chi connectivity index (χ0n) is 20.4. The van der Waals surface area contributed by atoms with Gasteiger partial charge in [-0.05, 0) is 25.7 Å². The Balaban J connectivity index is 0. The second-order valence-electron chi connectivity index (χ2n) is 8.85. The van der Waals surface area contributed by atoms with Crippen LogP contribution in [0.15, 0.2) is 0 Å². The number of aliphatic hydroxyl groups is 1. The van der Waals surface area contributed by atoms with Crippen molar-refractivity contribution in [3.8, 4) is 0 Å². The van der Waals surface area contributed by atoms with E-state index in [0.29, 0.717) is 12.8 Å². The van der Waals surface area contributed by atoms with Crippen LogP contribution in [0.5, 0.6) is 0 Å². The second kappa shape index (κ2) is 23.0. The van der Waals surface area contributed by atoms with Crippen molar-refractivity contribution in [3.63, 3.8) is 0 Å². The molecular weight excluding hydrogens is 407 g/mol. The molecule has 0 rings (SSSR count). The van der Waals surface area contributed by atoms with Crippen molar-refractivity contribution in [2.24, 2.45) is 0 Å². The smallest absolute Gasteiger partial charge is 0.748 e. The molecule has 0 aliphatic carbocycles. The van der Waals surface area contributed by atoms with Gasteiger partial charge in [0.15, 0.2) is 0 Å². The van der Waals surface area contributed by atoms with Crippen LogP contribution in [0.3, 0.4) is 0 Å². The summed E-state index contributed by atoms with van der Waals surface area (Å²) in [6, 6.07) is 0. The third kappa shape index (κ3) is 22.1. The van der Waals surface area contributed by atoms with Crippen molar-refractivity contribution in [2.45, 2.75) is 154 Å². The van der Waals surface area contributed by atoms with Gasteiger partial charge in [0.05, 0.1) is 16.2 Å². The SMILES string of the molecule is CCCCCCCCCC(O)CCCCCCCCCCCC(CC)S(=O)(=O)[O-].[Na+]. The summed E-state index contributed by atoms with van der Waals surface area (Å²) in [6.07, 6.45) is 22.2. The molecule has 0 heterocycles. The molecule has 176 valence electrons. The molecule has 0 aromatic carbocycles. The first-order valence-electron chi connectivity index (χ1n) is 12.5. The average molecular weight is 457 g/mol. The van der Waals surface area contributed by atoms with Gasteiger partial charge in [-0.1, -0.05) is 117 Å². The molecule has 1 N–H and O–H groups in total. The molecule has 0 aromatic heterocycles. The molecule has 0 amide bonds. The molecule has 30 heavy (non-hydrogen) atoms. The standard InChI is InChI=1S/C24H50O4S.Na/c1-3-5-6-7-11-14-17-20-23(25)21-18-15-12-9-8-10-13-16-19-22-24(4-2)29(26,27)28;/h23-25H,3-22H2,1-2H3,(H,26,27,28);/q;+1/p-1. The predicted molar refractivity (Wildman–Crippen MR) is 123 cm³/mol. The number of hydrogen-bond donors (Lipinski definition) is 1. The van der Waals surface area contributed by atoms with Gasteiger partial charge in [-0.15, -0.1) is 0 Å². The van der Waals surface area contributed by atoms with Crippen LogP contribution in [0.2, 0.25) is 0 Å². The van der Waals surface area contributed by atoms with Gasteiger partial charge in [0.25, 0.3) is 0 Å². The quantitative estimate of drug-likeness (QED) is 0.151. The van der Waals surface area contributed by atoms with E-state index in [9.17, 15) is 18.1 Å². The van der Waals surface area contributed by atoms with Crippen molar-refractivity contribution in [3.05, 3.63) is 0 Å². The van der Waals surface area contributed by atoms with Gasteiger partial charge in [-0.3, -0.25) is 0 Å². The molecule has 0 aromatic rings. The van der Waals surface area contributed by atoms with Crippen LogP contribution in [0, 0.1) is 0 Å². The van der Waals surface area contributed by atoms with Gasteiger partial charge in [0, 0.05) is 5.25 Å². The third-order valence-electron chi connectivity index (χ3n) is 6.07. The first kappa shape index (κ1) is 33.0. The van der Waals surface area contributed by atoms with Crippen molar-refractivity contribution in [1.29, 1.82) is 0 Å². The molecule has 0 spiro atoms. The number of hydrogen-bond acceptors (Lipinski definition) is 4. The van der Waals surface area contributed by atoms with Crippen LogP contribution < -0.4 is 29.6 Å². The van der Waals surface area contributed by atoms with Gasteiger partial charge < -0.3 is 9.66 Å².